The highest BCUT2D eigenvalue weighted by Gasteiger charge is 2.53. The lowest BCUT2D eigenvalue weighted by Gasteiger charge is -2.44. The first-order valence-electron chi connectivity index (χ1n) is 16.4. The van der Waals surface area contributed by atoms with Gasteiger partial charge in [-0.1, -0.05) is 84.6 Å². The number of carbonyl (C=O) groups is 4. The Bertz CT molecular complexity index is 1940. The number of benzene rings is 5. The van der Waals surface area contributed by atoms with Gasteiger partial charge < -0.3 is 28.4 Å². The van der Waals surface area contributed by atoms with Crippen molar-refractivity contribution in [2.75, 3.05) is 13.7 Å². The predicted octanol–water partition coefficient (Wildman–Crippen LogP) is 7.05. The van der Waals surface area contributed by atoms with Gasteiger partial charge in [0, 0.05) is 4.90 Å². The van der Waals surface area contributed by atoms with Crippen LogP contribution in [0.3, 0.4) is 0 Å². The van der Waals surface area contributed by atoms with E-state index in [0.717, 1.165) is 0 Å². The number of methoxy groups -OCH3 is 1. The van der Waals surface area contributed by atoms with Crippen LogP contribution < -0.4 is 4.74 Å². The number of carbonyl (C=O) groups excluding carboxylic acids is 4. The van der Waals surface area contributed by atoms with Crippen LogP contribution in [0.15, 0.2) is 150 Å². The molecule has 0 spiro atoms. The van der Waals surface area contributed by atoms with E-state index >= 15 is 0 Å². The summed E-state index contributed by atoms with van der Waals surface area (Å²) in [6.07, 6.45) is -5.36. The van der Waals surface area contributed by atoms with Crippen molar-refractivity contribution >= 4 is 35.6 Å². The van der Waals surface area contributed by atoms with Gasteiger partial charge in [0.1, 0.15) is 23.9 Å². The highest BCUT2D eigenvalue weighted by Crippen LogP contribution is 2.39. The number of hydrogen-bond donors (Lipinski definition) is 0. The smallest absolute Gasteiger partial charge is 0.338 e. The van der Waals surface area contributed by atoms with Crippen LogP contribution in [0.25, 0.3) is 0 Å². The van der Waals surface area contributed by atoms with Gasteiger partial charge in [0.15, 0.2) is 18.3 Å². The summed E-state index contributed by atoms with van der Waals surface area (Å²) in [4.78, 5) is 54.9. The van der Waals surface area contributed by atoms with Gasteiger partial charge in [-0.3, -0.25) is 0 Å². The Kier molecular flexibility index (Phi) is 12.0. The van der Waals surface area contributed by atoms with Crippen molar-refractivity contribution in [1.82, 2.24) is 0 Å². The Labute approximate surface area is 304 Å². The third-order valence-electron chi connectivity index (χ3n) is 8.05. The highest BCUT2D eigenvalue weighted by molar-refractivity contribution is 7.99. The van der Waals surface area contributed by atoms with Crippen LogP contribution in [-0.2, 0) is 23.7 Å². The second kappa shape index (κ2) is 17.3. The van der Waals surface area contributed by atoms with E-state index in [9.17, 15) is 19.2 Å². The Morgan fingerprint density at radius 1 is 0.519 bits per heavy atom. The van der Waals surface area contributed by atoms with E-state index in [2.05, 4.69) is 0 Å². The molecule has 5 aromatic rings. The molecule has 1 saturated heterocycles. The molecule has 1 aliphatic heterocycles. The molecule has 0 radical (unpaired) electrons. The fraction of sp³-hybridized carbons (Fsp3) is 0.171. The molecule has 0 saturated carbocycles. The average Bonchev–Trinajstić information content (AvgIpc) is 3.20. The largest absolute Gasteiger partial charge is 0.497 e. The van der Waals surface area contributed by atoms with Crippen molar-refractivity contribution in [2.24, 2.45) is 0 Å². The Morgan fingerprint density at radius 3 is 1.37 bits per heavy atom. The molecule has 1 aliphatic rings. The van der Waals surface area contributed by atoms with E-state index in [1.54, 1.807) is 153 Å². The summed E-state index contributed by atoms with van der Waals surface area (Å²) in [7, 11) is 1.55. The first-order valence-corrected chi connectivity index (χ1v) is 17.2. The molecule has 264 valence electrons. The van der Waals surface area contributed by atoms with E-state index in [1.807, 2.05) is 0 Å². The molecular formula is C41H34O10S. The topological polar surface area (TPSA) is 124 Å². The number of rotatable bonds is 12. The van der Waals surface area contributed by atoms with Crippen LogP contribution in [0.2, 0.25) is 0 Å². The third kappa shape index (κ3) is 9.05. The Hall–Kier alpha value is -5.91. The SMILES string of the molecule is COc1ccc(S[C@@H]2O[C@H](COC(=O)c3ccccc3)[C@H](OC(=O)c3ccccc3)[C@H](OC(=O)c3ccccc3)[C@H]2OC(=O)c2ccccc2)cc1. The van der Waals surface area contributed by atoms with Crippen LogP contribution in [0.4, 0.5) is 0 Å². The summed E-state index contributed by atoms with van der Waals surface area (Å²) >= 11 is 1.18. The molecule has 11 heteroatoms. The van der Waals surface area contributed by atoms with Crippen molar-refractivity contribution in [3.63, 3.8) is 0 Å². The standard InChI is InChI=1S/C41H34O10S/c1-46-31-22-24-32(25-23-31)52-41-36(51-40(45)30-20-12-5-13-21-30)35(50-39(44)29-18-10-4-11-19-29)34(49-38(43)28-16-8-3-9-17-28)33(48-41)26-47-37(42)27-14-6-2-7-15-27/h2-25,33-36,41H,26H2,1H3/t33-,34+,35+,36-,41+/m1/s1. The monoisotopic (exact) mass is 718 g/mol. The van der Waals surface area contributed by atoms with Gasteiger partial charge in [-0.05, 0) is 72.8 Å². The van der Waals surface area contributed by atoms with Gasteiger partial charge in [0.2, 0.25) is 0 Å². The van der Waals surface area contributed by atoms with Crippen LogP contribution in [0, 0.1) is 0 Å². The maximum absolute atomic E-state index is 13.8. The maximum atomic E-state index is 13.8. The van der Waals surface area contributed by atoms with E-state index < -0.39 is 60.3 Å². The Balaban J connectivity index is 1.41. The molecule has 5 aromatic carbocycles. The zero-order valence-electron chi connectivity index (χ0n) is 27.9. The van der Waals surface area contributed by atoms with Gasteiger partial charge in [0.25, 0.3) is 0 Å². The first-order chi connectivity index (χ1) is 25.4. The maximum Gasteiger partial charge on any atom is 0.338 e. The van der Waals surface area contributed by atoms with E-state index in [4.69, 9.17) is 28.4 Å². The molecule has 0 aromatic heterocycles. The van der Waals surface area contributed by atoms with E-state index in [1.165, 1.54) is 11.8 Å². The highest BCUT2D eigenvalue weighted by atomic mass is 32.2. The quantitative estimate of drug-likeness (QED) is 0.0974. The number of thioether (sulfide) groups is 1. The summed E-state index contributed by atoms with van der Waals surface area (Å²) in [6.45, 7) is -0.404. The molecule has 1 fully saturated rings. The van der Waals surface area contributed by atoms with Crippen LogP contribution in [0.5, 0.6) is 5.75 Å². The van der Waals surface area contributed by atoms with Gasteiger partial charge in [-0.25, -0.2) is 19.2 Å². The minimum atomic E-state index is -1.43. The second-order valence-electron chi connectivity index (χ2n) is 11.5. The summed E-state index contributed by atoms with van der Waals surface area (Å²) in [5.41, 5.74) is -0.103. The molecular weight excluding hydrogens is 685 g/mol. The molecule has 0 bridgehead atoms. The van der Waals surface area contributed by atoms with Crippen molar-refractivity contribution in [2.45, 2.75) is 34.7 Å². The molecule has 0 amide bonds. The number of ether oxygens (including phenoxy) is 6. The lowest BCUT2D eigenvalue weighted by atomic mass is 9.98. The van der Waals surface area contributed by atoms with E-state index in [-0.39, 0.29) is 16.7 Å². The number of hydrogen-bond acceptors (Lipinski definition) is 11. The fourth-order valence-electron chi connectivity index (χ4n) is 5.41. The zero-order chi connectivity index (χ0) is 36.3. The van der Waals surface area contributed by atoms with Crippen LogP contribution in [0.1, 0.15) is 41.4 Å². The zero-order valence-corrected chi connectivity index (χ0v) is 28.8. The van der Waals surface area contributed by atoms with Crippen LogP contribution in [-0.4, -0.2) is 67.4 Å². The first kappa shape index (κ1) is 35.9. The lowest BCUT2D eigenvalue weighted by Crippen LogP contribution is -2.61. The van der Waals surface area contributed by atoms with E-state index in [0.29, 0.717) is 16.2 Å². The minimum Gasteiger partial charge on any atom is -0.497 e. The Morgan fingerprint density at radius 2 is 0.923 bits per heavy atom. The fourth-order valence-corrected chi connectivity index (χ4v) is 6.51. The molecule has 1 heterocycles. The van der Waals surface area contributed by atoms with Crippen LogP contribution >= 0.6 is 11.8 Å². The van der Waals surface area contributed by atoms with Gasteiger partial charge in [-0.2, -0.15) is 0 Å². The van der Waals surface area contributed by atoms with Crippen molar-refractivity contribution in [1.29, 1.82) is 0 Å². The van der Waals surface area contributed by atoms with Gasteiger partial charge in [-0.15, -0.1) is 0 Å². The van der Waals surface area contributed by atoms with Crippen molar-refractivity contribution in [3.8, 4) is 5.75 Å². The molecule has 52 heavy (non-hydrogen) atoms. The summed E-state index contributed by atoms with van der Waals surface area (Å²) in [5.74, 6) is -2.27. The summed E-state index contributed by atoms with van der Waals surface area (Å²) < 4.78 is 35.9. The summed E-state index contributed by atoms with van der Waals surface area (Å²) in [6, 6.07) is 40.2. The third-order valence-corrected chi connectivity index (χ3v) is 9.20. The molecule has 10 nitrogen and oxygen atoms in total. The minimum absolute atomic E-state index is 0.210. The second-order valence-corrected chi connectivity index (χ2v) is 12.7. The van der Waals surface area contributed by atoms with Gasteiger partial charge in [0.05, 0.1) is 29.4 Å². The van der Waals surface area contributed by atoms with Crippen molar-refractivity contribution < 1.29 is 47.6 Å². The summed E-state index contributed by atoms with van der Waals surface area (Å²) in [5, 5.41) is 0. The molecule has 5 atom stereocenters. The molecule has 0 N–H and O–H groups in total. The van der Waals surface area contributed by atoms with Gasteiger partial charge >= 0.3 is 23.9 Å². The number of esters is 4. The average molecular weight is 719 g/mol. The molecule has 0 unspecified atom stereocenters. The predicted molar refractivity (Wildman–Crippen MR) is 191 cm³/mol. The lowest BCUT2D eigenvalue weighted by molar-refractivity contribution is -0.207. The van der Waals surface area contributed by atoms with Crippen molar-refractivity contribution in [3.05, 3.63) is 168 Å². The molecule has 0 aliphatic carbocycles. The normalized spacial score (nSPS) is 19.4. The molecule has 6 rings (SSSR count).